The van der Waals surface area contributed by atoms with Crippen LogP contribution in [-0.2, 0) is 14.8 Å². The Bertz CT molecular complexity index is 643. The number of methoxy groups -OCH3 is 1. The first kappa shape index (κ1) is 12.7. The van der Waals surface area contributed by atoms with Gasteiger partial charge >= 0.3 is 5.97 Å². The van der Waals surface area contributed by atoms with Gasteiger partial charge in [0.1, 0.15) is 9.77 Å². The number of sulfonamides is 1. The normalized spacial score (nSPS) is 11.2. The number of anilines is 1. The quantitative estimate of drug-likeness (QED) is 0.837. The van der Waals surface area contributed by atoms with Crippen LogP contribution in [0.15, 0.2) is 34.8 Å². The van der Waals surface area contributed by atoms with Crippen LogP contribution < -0.4 is 4.72 Å². The van der Waals surface area contributed by atoms with Gasteiger partial charge in [0.25, 0.3) is 10.0 Å². The van der Waals surface area contributed by atoms with Gasteiger partial charge in [-0.2, -0.15) is 0 Å². The van der Waals surface area contributed by atoms with Crippen molar-refractivity contribution < 1.29 is 17.9 Å². The van der Waals surface area contributed by atoms with Crippen LogP contribution >= 0.6 is 11.3 Å². The first-order valence-corrected chi connectivity index (χ1v) is 7.22. The average molecular weight is 286 g/mol. The van der Waals surface area contributed by atoms with E-state index in [9.17, 15) is 13.2 Å². The van der Waals surface area contributed by atoms with Crippen molar-refractivity contribution in [1.29, 1.82) is 0 Å². The lowest BCUT2D eigenvalue weighted by atomic mass is 10.4. The van der Waals surface area contributed by atoms with Gasteiger partial charge in [-0.05, 0) is 17.5 Å². The lowest BCUT2D eigenvalue weighted by Crippen LogP contribution is -2.14. The number of hydrogen-bond acceptors (Lipinski definition) is 5. The molecule has 2 heterocycles. The Hall–Kier alpha value is -1.80. The molecule has 0 saturated heterocycles. The second kappa shape index (κ2) is 4.83. The Morgan fingerprint density at radius 3 is 2.83 bits per heavy atom. The highest BCUT2D eigenvalue weighted by Crippen LogP contribution is 2.25. The lowest BCUT2D eigenvalue weighted by molar-refractivity contribution is 0.0607. The number of hydrogen-bond donors (Lipinski definition) is 2. The second-order valence-electron chi connectivity index (χ2n) is 3.31. The fourth-order valence-corrected chi connectivity index (χ4v) is 3.20. The highest BCUT2D eigenvalue weighted by molar-refractivity contribution is 7.92. The third-order valence-electron chi connectivity index (χ3n) is 2.16. The summed E-state index contributed by atoms with van der Waals surface area (Å²) in [4.78, 5) is 14.4. The van der Waals surface area contributed by atoms with Crippen LogP contribution in [0.1, 0.15) is 9.67 Å². The molecule has 2 N–H and O–H groups in total. The van der Waals surface area contributed by atoms with Crippen LogP contribution in [0.3, 0.4) is 0 Å². The highest BCUT2D eigenvalue weighted by Gasteiger charge is 2.20. The van der Waals surface area contributed by atoms with Gasteiger partial charge < -0.3 is 9.72 Å². The molecule has 0 fully saturated rings. The molecule has 0 spiro atoms. The molecule has 2 aromatic heterocycles. The van der Waals surface area contributed by atoms with Crippen molar-refractivity contribution in [3.05, 3.63) is 34.8 Å². The lowest BCUT2D eigenvalue weighted by Gasteiger charge is -2.06. The molecule has 0 unspecified atom stereocenters. The molecule has 0 bridgehead atoms. The molecule has 2 aromatic rings. The standard InChI is InChI=1S/C10H10N2O4S2/c1-16-10(13)9-8(3-5-17-9)12-18(14,15)7-2-4-11-6-7/h2-6,11-12H,1H3. The van der Waals surface area contributed by atoms with Crippen LogP contribution in [0.25, 0.3) is 0 Å². The minimum Gasteiger partial charge on any atom is -0.465 e. The Morgan fingerprint density at radius 1 is 1.44 bits per heavy atom. The van der Waals surface area contributed by atoms with Gasteiger partial charge in [-0.15, -0.1) is 11.3 Å². The highest BCUT2D eigenvalue weighted by atomic mass is 32.2. The maximum atomic E-state index is 11.9. The van der Waals surface area contributed by atoms with Crippen molar-refractivity contribution in [1.82, 2.24) is 4.98 Å². The fourth-order valence-electron chi connectivity index (χ4n) is 1.32. The monoisotopic (exact) mass is 286 g/mol. The number of aromatic amines is 1. The topological polar surface area (TPSA) is 88.3 Å². The van der Waals surface area contributed by atoms with Gasteiger partial charge in [0.2, 0.25) is 0 Å². The first-order valence-electron chi connectivity index (χ1n) is 4.86. The van der Waals surface area contributed by atoms with Crippen LogP contribution in [-0.4, -0.2) is 26.5 Å². The smallest absolute Gasteiger partial charge is 0.350 e. The maximum Gasteiger partial charge on any atom is 0.350 e. The maximum absolute atomic E-state index is 11.9. The molecule has 0 aromatic carbocycles. The number of esters is 1. The third-order valence-corrected chi connectivity index (χ3v) is 4.42. The summed E-state index contributed by atoms with van der Waals surface area (Å²) in [5.74, 6) is -0.572. The van der Waals surface area contributed by atoms with E-state index in [1.807, 2.05) is 0 Å². The molecular weight excluding hydrogens is 276 g/mol. The van der Waals surface area contributed by atoms with E-state index >= 15 is 0 Å². The minimum atomic E-state index is -3.69. The van der Waals surface area contributed by atoms with Gasteiger partial charge in [-0.3, -0.25) is 4.72 Å². The van der Waals surface area contributed by atoms with E-state index in [2.05, 4.69) is 14.4 Å². The second-order valence-corrected chi connectivity index (χ2v) is 5.91. The first-order chi connectivity index (χ1) is 8.54. The number of H-pyrrole nitrogens is 1. The molecule has 0 amide bonds. The summed E-state index contributed by atoms with van der Waals surface area (Å²) in [6.45, 7) is 0. The largest absolute Gasteiger partial charge is 0.465 e. The summed E-state index contributed by atoms with van der Waals surface area (Å²) in [6.07, 6.45) is 2.86. The number of aromatic nitrogens is 1. The third kappa shape index (κ3) is 2.39. The van der Waals surface area contributed by atoms with Crippen molar-refractivity contribution in [3.8, 4) is 0 Å². The summed E-state index contributed by atoms with van der Waals surface area (Å²) in [5.41, 5.74) is 0.216. The molecule has 0 radical (unpaired) electrons. The van der Waals surface area contributed by atoms with Gasteiger partial charge in [0.05, 0.1) is 12.8 Å². The van der Waals surface area contributed by atoms with Gasteiger partial charge in [0, 0.05) is 12.4 Å². The van der Waals surface area contributed by atoms with Crippen molar-refractivity contribution in [2.45, 2.75) is 4.90 Å². The van der Waals surface area contributed by atoms with E-state index in [0.29, 0.717) is 0 Å². The average Bonchev–Trinajstić information content (AvgIpc) is 2.97. The van der Waals surface area contributed by atoms with E-state index < -0.39 is 16.0 Å². The molecule has 6 nitrogen and oxygen atoms in total. The molecule has 96 valence electrons. The van der Waals surface area contributed by atoms with Crippen LogP contribution in [0.4, 0.5) is 5.69 Å². The van der Waals surface area contributed by atoms with E-state index in [1.165, 1.54) is 31.6 Å². The number of carbonyl (C=O) groups excluding carboxylic acids is 1. The van der Waals surface area contributed by atoms with Gasteiger partial charge in [-0.25, -0.2) is 13.2 Å². The molecule has 0 aliphatic rings. The van der Waals surface area contributed by atoms with Gasteiger partial charge in [-0.1, -0.05) is 0 Å². The molecule has 2 rings (SSSR count). The zero-order chi connectivity index (χ0) is 13.2. The summed E-state index contributed by atoms with van der Waals surface area (Å²) in [5, 5.41) is 1.61. The van der Waals surface area contributed by atoms with Crippen molar-refractivity contribution >= 4 is 33.0 Å². The van der Waals surface area contributed by atoms with Crippen LogP contribution in [0, 0.1) is 0 Å². The number of ether oxygens (including phenoxy) is 1. The number of thiophene rings is 1. The Balaban J connectivity index is 2.31. The summed E-state index contributed by atoms with van der Waals surface area (Å²) >= 11 is 1.11. The fraction of sp³-hybridized carbons (Fsp3) is 0.100. The molecule has 8 heteroatoms. The number of carbonyl (C=O) groups is 1. The van der Waals surface area contributed by atoms with Crippen molar-refractivity contribution in [2.24, 2.45) is 0 Å². The number of rotatable bonds is 4. The van der Waals surface area contributed by atoms with Crippen LogP contribution in [0.2, 0.25) is 0 Å². The zero-order valence-corrected chi connectivity index (χ0v) is 11.0. The van der Waals surface area contributed by atoms with E-state index in [4.69, 9.17) is 0 Å². The van der Waals surface area contributed by atoms with Crippen LogP contribution in [0.5, 0.6) is 0 Å². The summed E-state index contributed by atoms with van der Waals surface area (Å²) < 4.78 is 30.8. The number of nitrogens with one attached hydrogen (secondary N) is 2. The summed E-state index contributed by atoms with van der Waals surface area (Å²) in [6, 6.07) is 2.94. The minimum absolute atomic E-state index is 0.101. The van der Waals surface area contributed by atoms with E-state index in [1.54, 1.807) is 5.38 Å². The SMILES string of the molecule is COC(=O)c1sccc1NS(=O)(=O)c1cc[nH]c1. The van der Waals surface area contributed by atoms with Crippen molar-refractivity contribution in [3.63, 3.8) is 0 Å². The summed E-state index contributed by atoms with van der Waals surface area (Å²) in [7, 11) is -2.44. The Kier molecular flexibility index (Phi) is 3.39. The van der Waals surface area contributed by atoms with Gasteiger partial charge in [0.15, 0.2) is 0 Å². The molecule has 0 aliphatic carbocycles. The Labute approximate surface area is 108 Å². The molecule has 0 aliphatic heterocycles. The predicted octanol–water partition coefficient (Wildman–Crippen LogP) is 1.66. The van der Waals surface area contributed by atoms with Crippen molar-refractivity contribution in [2.75, 3.05) is 11.8 Å². The molecule has 0 atom stereocenters. The zero-order valence-electron chi connectivity index (χ0n) is 9.34. The molecular formula is C10H10N2O4S2. The molecule has 18 heavy (non-hydrogen) atoms. The van der Waals surface area contributed by atoms with E-state index in [0.717, 1.165) is 11.3 Å². The van der Waals surface area contributed by atoms with E-state index in [-0.39, 0.29) is 15.5 Å². The predicted molar refractivity (Wildman–Crippen MR) is 67.3 cm³/mol. The molecule has 0 saturated carbocycles. The Morgan fingerprint density at radius 2 is 2.22 bits per heavy atom.